The van der Waals surface area contributed by atoms with Gasteiger partial charge in [-0.2, -0.15) is 21.6 Å². The average molecular weight is 1890 g/mol. The van der Waals surface area contributed by atoms with E-state index in [0.29, 0.717) is 42.8 Å². The number of alkyl halides is 3. The van der Waals surface area contributed by atoms with E-state index in [4.69, 9.17) is 140 Å². The second-order valence-corrected chi connectivity index (χ2v) is 38.9. The SMILES string of the molecule is CC1(C)OC[C@@H]([C@@H]2OC(=O)C(OC(=O)C(C)(C)C)=C2c2ccc(Cl)cc2)O1.CC1(C)OC[C@@H]([C@H]2OC(=O)C(O)=C2O)O1.CC1(C)OC[C@@H]([C@H]2OC(=O)C(OC(=O)C(C)(C)C)=C2O)O1.CC1(C)OC[C@@H]([C@H]2OC(=O)C(OC(=O)C(C)(C)C)=C2OS(=O)(=O)C(F)(F)F)O1.CC1(C)OC[C@@H]([C@H]2OC(=O)C(OC(=O)C(C)(C)C)=C2c2ccc(Cl)cc2)O1.OB(O)c1ccc(Cl)cc1. The zero-order valence-corrected chi connectivity index (χ0v) is 77.0. The van der Waals surface area contributed by atoms with Crippen molar-refractivity contribution in [2.45, 2.75) is 248 Å². The molecule has 0 aliphatic carbocycles. The smallest absolute Gasteiger partial charge is 0.505 e. The Labute approximate surface area is 750 Å². The number of carbonyl (C=O) groups is 9. The number of hydrogen-bond donors (Lipinski definition) is 5. The fourth-order valence-electron chi connectivity index (χ4n) is 12.0. The van der Waals surface area contributed by atoms with Gasteiger partial charge in [-0.25, -0.2) is 24.0 Å². The molecule has 706 valence electrons. The van der Waals surface area contributed by atoms with Gasteiger partial charge in [-0.15, -0.1) is 0 Å². The van der Waals surface area contributed by atoms with E-state index in [1.165, 1.54) is 34.6 Å². The predicted molar refractivity (Wildman–Crippen MR) is 439 cm³/mol. The number of benzene rings is 3. The Kier molecular flexibility index (Phi) is 32.3. The molecule has 0 saturated carbocycles. The Morgan fingerprint density at radius 2 is 0.633 bits per heavy atom. The Balaban J connectivity index is 0.000000194. The summed E-state index contributed by atoms with van der Waals surface area (Å²) in [6.07, 6.45) is -8.67. The fraction of sp³-hybridized carbons (Fsp3) is 0.560. The molecule has 36 nitrogen and oxygen atoms in total. The highest BCUT2D eigenvalue weighted by atomic mass is 35.5. The lowest BCUT2D eigenvalue weighted by molar-refractivity contribution is -0.164. The standard InChI is InChI=1S/2C20H23ClO6.C15H19F3O9S.C14H20O7.C9H12O6.C6H6BClO2/c2*1-19(2,3)18(23)26-16-14(11-6-8-12(21)9-7-11)15(25-17(16)22)13-10-24-20(4,5)27-13;1-13(2,3)12(20)25-10-9(27-28(21,22)15(16,17)18)8(24-11(10)19)7-6-23-14(4,5)26-7;1-13(2,3)12(17)20-10-8(15)9(19-11(10)16)7-6-18-14(4,5)21-7;1-9(2)13-3-4(15-9)7-5(10)6(11)8(12)14-7;8-6-3-1-5(2-4-6)7(9)10/h2*6-9,13,15H,10H2,1-5H3;7-8H,6H2,1-5H3;7,9,15H,6H2,1-5H3;4,7,10-11H,3H2,1-2H3;1-4,9-10H/t13-,15+;13-,15-;7-,8+;7-,9+;4-,7+;/m00000./s1. The maximum atomic E-state index is 12.8. The van der Waals surface area contributed by atoms with E-state index in [1.54, 1.807) is 190 Å². The number of halogens is 6. The highest BCUT2D eigenvalue weighted by Gasteiger charge is 2.58. The van der Waals surface area contributed by atoms with Gasteiger partial charge in [0, 0.05) is 15.1 Å². The molecule has 10 atom stereocenters. The van der Waals surface area contributed by atoms with E-state index in [-0.39, 0.29) is 44.6 Å². The minimum absolute atomic E-state index is 0.115. The van der Waals surface area contributed by atoms with E-state index in [1.807, 2.05) is 0 Å². The average Bonchev–Trinajstić information content (AvgIpc) is 1.62. The second kappa shape index (κ2) is 39.6. The van der Waals surface area contributed by atoms with Crippen LogP contribution in [0.15, 0.2) is 119 Å². The van der Waals surface area contributed by atoms with Crippen LogP contribution in [0.2, 0.25) is 15.1 Å². The summed E-state index contributed by atoms with van der Waals surface area (Å²) < 4.78 is 167. The van der Waals surface area contributed by atoms with Crippen molar-refractivity contribution in [3.63, 3.8) is 0 Å². The Bertz CT molecular complexity index is 4830. The molecule has 10 aliphatic heterocycles. The Hall–Kier alpha value is -9.02. The number of cyclic esters (lactones) is 5. The minimum Gasteiger partial charge on any atom is -0.505 e. The monoisotopic (exact) mass is 1890 g/mol. The molecule has 5 saturated heterocycles. The van der Waals surface area contributed by atoms with Crippen molar-refractivity contribution in [2.75, 3.05) is 33.0 Å². The van der Waals surface area contributed by atoms with Gasteiger partial charge >= 0.3 is 76.5 Å². The first kappa shape index (κ1) is 104. The normalized spacial score (nSPS) is 25.6. The molecule has 10 heterocycles. The van der Waals surface area contributed by atoms with Gasteiger partial charge in [0.15, 0.2) is 71.0 Å². The predicted octanol–water partition coefficient (Wildman–Crippen LogP) is 11.0. The molecule has 5 fully saturated rings. The van der Waals surface area contributed by atoms with Gasteiger partial charge in [-0.3, -0.25) is 19.2 Å². The zero-order valence-electron chi connectivity index (χ0n) is 73.9. The van der Waals surface area contributed by atoms with Crippen LogP contribution in [0.1, 0.15) is 163 Å². The summed E-state index contributed by atoms with van der Waals surface area (Å²) in [5, 5.41) is 47.5. The van der Waals surface area contributed by atoms with Gasteiger partial charge in [0.05, 0.1) is 65.8 Å². The van der Waals surface area contributed by atoms with Gasteiger partial charge in [-0.1, -0.05) is 71.2 Å². The van der Waals surface area contributed by atoms with Crippen molar-refractivity contribution in [1.29, 1.82) is 0 Å². The van der Waals surface area contributed by atoms with Crippen LogP contribution in [-0.4, -0.2) is 223 Å². The molecule has 128 heavy (non-hydrogen) atoms. The van der Waals surface area contributed by atoms with E-state index >= 15 is 0 Å². The molecule has 0 aromatic heterocycles. The second-order valence-electron chi connectivity index (χ2n) is 36.1. The minimum atomic E-state index is -6.18. The summed E-state index contributed by atoms with van der Waals surface area (Å²) >= 11 is 17.5. The van der Waals surface area contributed by atoms with E-state index < -0.39 is 223 Å². The third-order valence-corrected chi connectivity index (χ3v) is 20.4. The molecular formula is C84H103BCl3F3O36S. The largest absolute Gasteiger partial charge is 0.534 e. The number of aliphatic hydroxyl groups is 3. The van der Waals surface area contributed by atoms with Crippen molar-refractivity contribution in [3.05, 3.63) is 145 Å². The van der Waals surface area contributed by atoms with Crippen LogP contribution in [-0.2, 0) is 147 Å². The number of rotatable bonds is 14. The third-order valence-electron chi connectivity index (χ3n) is 18.7. The molecule has 0 amide bonds. The van der Waals surface area contributed by atoms with Gasteiger partial charge in [-0.05, 0) is 205 Å². The van der Waals surface area contributed by atoms with Crippen LogP contribution in [0.5, 0.6) is 0 Å². The Morgan fingerprint density at radius 3 is 0.914 bits per heavy atom. The molecule has 10 aliphatic rings. The maximum Gasteiger partial charge on any atom is 0.534 e. The molecule has 0 spiro atoms. The molecule has 0 bridgehead atoms. The number of ether oxygens (including phenoxy) is 19. The number of carbonyl (C=O) groups excluding carboxylic acids is 9. The quantitative estimate of drug-likeness (QED) is 0.0329. The summed E-state index contributed by atoms with van der Waals surface area (Å²) in [7, 11) is -7.58. The van der Waals surface area contributed by atoms with Crippen LogP contribution in [0.4, 0.5) is 13.2 Å². The fourth-order valence-corrected chi connectivity index (χ4v) is 12.9. The van der Waals surface area contributed by atoms with Crippen LogP contribution < -0.4 is 5.46 Å². The van der Waals surface area contributed by atoms with Crippen molar-refractivity contribution < 1.29 is 184 Å². The summed E-state index contributed by atoms with van der Waals surface area (Å²) in [5.74, 6) is -16.2. The molecule has 13 rings (SSSR count). The van der Waals surface area contributed by atoms with E-state index in [2.05, 4.69) is 4.18 Å². The maximum absolute atomic E-state index is 12.8. The van der Waals surface area contributed by atoms with Gasteiger partial charge in [0.1, 0.15) is 30.5 Å². The van der Waals surface area contributed by atoms with Crippen molar-refractivity contribution in [2.24, 2.45) is 21.7 Å². The van der Waals surface area contributed by atoms with Crippen LogP contribution in [0, 0.1) is 21.7 Å². The van der Waals surface area contributed by atoms with Crippen molar-refractivity contribution in [1.82, 2.24) is 0 Å². The highest BCUT2D eigenvalue weighted by molar-refractivity contribution is 7.87. The summed E-state index contributed by atoms with van der Waals surface area (Å²) in [4.78, 5) is 109. The molecule has 0 unspecified atom stereocenters. The number of hydrogen-bond acceptors (Lipinski definition) is 36. The molecule has 3 aromatic rings. The summed E-state index contributed by atoms with van der Waals surface area (Å²) in [5.41, 5.74) is -6.60. The first-order valence-corrected chi connectivity index (χ1v) is 42.0. The van der Waals surface area contributed by atoms with Crippen molar-refractivity contribution >= 4 is 122 Å². The lowest BCUT2D eigenvalue weighted by Gasteiger charge is -2.22. The van der Waals surface area contributed by atoms with Gasteiger partial charge in [0.2, 0.25) is 23.0 Å². The molecule has 3 aromatic carbocycles. The highest BCUT2D eigenvalue weighted by Crippen LogP contribution is 2.45. The molecule has 5 N–H and O–H groups in total. The van der Waals surface area contributed by atoms with Gasteiger partial charge in [0.25, 0.3) is 11.5 Å². The topological polar surface area (TPSA) is 474 Å². The first-order chi connectivity index (χ1) is 58.5. The number of aliphatic hydroxyl groups excluding tert-OH is 3. The van der Waals surface area contributed by atoms with E-state index in [0.717, 1.165) is 0 Å². The van der Waals surface area contributed by atoms with Crippen LogP contribution >= 0.6 is 34.8 Å². The van der Waals surface area contributed by atoms with E-state index in [9.17, 15) is 75.0 Å². The third kappa shape index (κ3) is 26.9. The molecule has 44 heteroatoms. The summed E-state index contributed by atoms with van der Waals surface area (Å²) in [6, 6.07) is 20.1. The van der Waals surface area contributed by atoms with Crippen molar-refractivity contribution in [3.8, 4) is 0 Å². The van der Waals surface area contributed by atoms with Gasteiger partial charge < -0.3 is 120 Å². The Morgan fingerprint density at radius 1 is 0.383 bits per heavy atom. The molecule has 0 radical (unpaired) electrons. The lowest BCUT2D eigenvalue weighted by Crippen LogP contribution is -2.35. The number of esters is 9. The lowest BCUT2D eigenvalue weighted by atomic mass is 9.81. The first-order valence-electron chi connectivity index (χ1n) is 39.5. The summed E-state index contributed by atoms with van der Waals surface area (Å²) in [6.45, 7) is 37.0. The van der Waals surface area contributed by atoms with Crippen LogP contribution in [0.3, 0.4) is 0 Å². The van der Waals surface area contributed by atoms with Crippen LogP contribution in [0.25, 0.3) is 11.1 Å². The zero-order chi connectivity index (χ0) is 96.4. The molecular weight excluding hydrogens is 1790 g/mol.